The fraction of sp³-hybridized carbons (Fsp3) is 0.0588. The predicted molar refractivity (Wildman–Crippen MR) is 98.0 cm³/mol. The van der Waals surface area contributed by atoms with Gasteiger partial charge in [-0.25, -0.2) is 9.98 Å². The van der Waals surface area contributed by atoms with Crippen LogP contribution in [0.1, 0.15) is 11.4 Å². The van der Waals surface area contributed by atoms with Crippen LogP contribution < -0.4 is 0 Å². The van der Waals surface area contributed by atoms with Crippen molar-refractivity contribution in [2.24, 2.45) is 9.98 Å². The number of aromatic hydroxyl groups is 1. The number of aryl methyl sites for hydroxylation is 1. The maximum atomic E-state index is 9.72. The molecule has 0 unspecified atom stereocenters. The predicted octanol–water partition coefficient (Wildman–Crippen LogP) is 4.31. The van der Waals surface area contributed by atoms with E-state index in [4.69, 9.17) is 23.2 Å². The Bertz CT molecular complexity index is 1020. The molecule has 0 radical (unpaired) electrons. The van der Waals surface area contributed by atoms with Crippen LogP contribution in [0.3, 0.4) is 0 Å². The quantitative estimate of drug-likeness (QED) is 0.728. The minimum absolute atomic E-state index is 0.123. The Hall–Kier alpha value is -2.70. The summed E-state index contributed by atoms with van der Waals surface area (Å²) in [5, 5.41) is 14.3. The highest BCUT2D eigenvalue weighted by Crippen LogP contribution is 2.36. The summed E-state index contributed by atoms with van der Waals surface area (Å²) >= 11 is 12.0. The minimum Gasteiger partial charge on any atom is -0.505 e. The first-order valence-corrected chi connectivity index (χ1v) is 8.14. The molecule has 1 aliphatic rings. The number of benzene rings is 2. The summed E-state index contributed by atoms with van der Waals surface area (Å²) in [5.74, 6) is 1.40. The fourth-order valence-electron chi connectivity index (χ4n) is 2.50. The Balaban J connectivity index is 1.89. The summed E-state index contributed by atoms with van der Waals surface area (Å²) in [6, 6.07) is 12.7. The van der Waals surface area contributed by atoms with Gasteiger partial charge in [-0.2, -0.15) is 9.67 Å². The largest absolute Gasteiger partial charge is 0.505 e. The fourth-order valence-corrected chi connectivity index (χ4v) is 2.97. The van der Waals surface area contributed by atoms with Crippen molar-refractivity contribution in [3.8, 4) is 5.75 Å². The second kappa shape index (κ2) is 5.98. The molecule has 0 bridgehead atoms. The average molecular weight is 372 g/mol. The van der Waals surface area contributed by atoms with Gasteiger partial charge in [-0.3, -0.25) is 0 Å². The van der Waals surface area contributed by atoms with Crippen molar-refractivity contribution in [3.05, 3.63) is 63.9 Å². The summed E-state index contributed by atoms with van der Waals surface area (Å²) in [5.41, 5.74) is 2.02. The Morgan fingerprint density at radius 2 is 1.76 bits per heavy atom. The Morgan fingerprint density at radius 3 is 2.44 bits per heavy atom. The van der Waals surface area contributed by atoms with Crippen molar-refractivity contribution in [2.45, 2.75) is 6.92 Å². The smallest absolute Gasteiger partial charge is 0.255 e. The molecule has 0 spiro atoms. The molecule has 1 N–H and O–H groups in total. The first kappa shape index (κ1) is 15.8. The molecule has 6 nitrogen and oxygen atoms in total. The maximum absolute atomic E-state index is 9.72. The third kappa shape index (κ3) is 2.79. The van der Waals surface area contributed by atoms with Gasteiger partial charge in [-0.05, 0) is 19.1 Å². The Kier molecular flexibility index (Phi) is 3.78. The highest BCUT2D eigenvalue weighted by molar-refractivity contribution is 6.50. The van der Waals surface area contributed by atoms with Crippen molar-refractivity contribution in [3.63, 3.8) is 0 Å². The van der Waals surface area contributed by atoms with Crippen molar-refractivity contribution in [2.75, 3.05) is 0 Å². The van der Waals surface area contributed by atoms with Crippen molar-refractivity contribution in [1.29, 1.82) is 0 Å². The molecule has 0 atom stereocenters. The van der Waals surface area contributed by atoms with E-state index in [9.17, 15) is 5.11 Å². The van der Waals surface area contributed by atoms with Gasteiger partial charge in [0.2, 0.25) is 0 Å². The van der Waals surface area contributed by atoms with Gasteiger partial charge in [0, 0.05) is 5.56 Å². The number of fused-ring (bicyclic) bond motifs is 1. The number of hydrogen-bond donors (Lipinski definition) is 1. The van der Waals surface area contributed by atoms with Crippen LogP contribution in [0, 0.1) is 6.92 Å². The maximum Gasteiger partial charge on any atom is 0.255 e. The van der Waals surface area contributed by atoms with E-state index in [2.05, 4.69) is 20.1 Å². The second-order valence-electron chi connectivity index (χ2n) is 5.39. The van der Waals surface area contributed by atoms with Gasteiger partial charge in [0.25, 0.3) is 5.95 Å². The topological polar surface area (TPSA) is 75.7 Å². The van der Waals surface area contributed by atoms with Gasteiger partial charge in [0.05, 0.1) is 15.7 Å². The number of halogens is 2. The minimum atomic E-state index is -0.173. The third-order valence-electron chi connectivity index (χ3n) is 3.60. The van der Waals surface area contributed by atoms with Crippen molar-refractivity contribution >= 4 is 46.4 Å². The van der Waals surface area contributed by atoms with E-state index in [1.807, 2.05) is 30.3 Å². The lowest BCUT2D eigenvalue weighted by Crippen LogP contribution is -2.20. The Labute approximate surface area is 153 Å². The number of phenolic OH excluding ortho intramolecular Hbond substituents is 1. The summed E-state index contributed by atoms with van der Waals surface area (Å²) in [6.07, 6.45) is 0. The molecular weight excluding hydrogens is 361 g/mol. The van der Waals surface area contributed by atoms with E-state index in [0.29, 0.717) is 29.0 Å². The molecule has 1 aromatic heterocycles. The molecule has 0 saturated carbocycles. The number of nitrogens with zero attached hydrogens (tertiary/aromatic N) is 5. The first-order chi connectivity index (χ1) is 12.0. The van der Waals surface area contributed by atoms with Crippen LogP contribution in [0.15, 0.2) is 52.4 Å². The van der Waals surface area contributed by atoms with Gasteiger partial charge >= 0.3 is 0 Å². The lowest BCUT2D eigenvalue weighted by Gasteiger charge is -2.06. The number of rotatable bonds is 2. The molecule has 0 aliphatic carbocycles. The number of hydrogen-bond acceptors (Lipinski definition) is 5. The van der Waals surface area contributed by atoms with Gasteiger partial charge < -0.3 is 5.11 Å². The van der Waals surface area contributed by atoms with E-state index in [-0.39, 0.29) is 15.8 Å². The standard InChI is InChI=1S/C17H11Cl2N5O/c1-9-20-17-22-14(10-5-3-2-4-6-10)16(24(17)23-9)21-11-7-12(18)15(25)13(19)8-11/h2-8,25H,1H3. The van der Waals surface area contributed by atoms with E-state index < -0.39 is 0 Å². The molecule has 3 aromatic rings. The van der Waals surface area contributed by atoms with E-state index in [1.54, 1.807) is 11.6 Å². The molecule has 2 heterocycles. The normalized spacial score (nSPS) is 14.7. The van der Waals surface area contributed by atoms with Crippen molar-refractivity contribution < 1.29 is 5.11 Å². The average Bonchev–Trinajstić information content (AvgIpc) is 3.11. The molecular formula is C17H11Cl2N5O. The van der Waals surface area contributed by atoms with E-state index in [0.717, 1.165) is 5.56 Å². The highest BCUT2D eigenvalue weighted by Gasteiger charge is 2.26. The monoisotopic (exact) mass is 371 g/mol. The SMILES string of the molecule is Cc1nc2n(n1)C(=Nc1cc(Cl)c(O)c(Cl)c1)C(c1ccccc1)=N2. The zero-order valence-corrected chi connectivity index (χ0v) is 14.5. The molecule has 1 aliphatic heterocycles. The Morgan fingerprint density at radius 1 is 1.08 bits per heavy atom. The zero-order valence-electron chi connectivity index (χ0n) is 13.0. The van der Waals surface area contributed by atoms with E-state index >= 15 is 0 Å². The molecule has 124 valence electrons. The third-order valence-corrected chi connectivity index (χ3v) is 4.18. The van der Waals surface area contributed by atoms with Gasteiger partial charge in [0.1, 0.15) is 11.5 Å². The van der Waals surface area contributed by atoms with Crippen LogP contribution in [-0.2, 0) is 0 Å². The molecule has 2 aromatic carbocycles. The number of phenols is 1. The zero-order chi connectivity index (χ0) is 17.6. The van der Waals surface area contributed by atoms with Crippen LogP contribution in [-0.4, -0.2) is 31.4 Å². The second-order valence-corrected chi connectivity index (χ2v) is 6.21. The van der Waals surface area contributed by atoms with Crippen LogP contribution in [0.4, 0.5) is 11.6 Å². The summed E-state index contributed by atoms with van der Waals surface area (Å²) < 4.78 is 1.58. The van der Waals surface area contributed by atoms with Crippen LogP contribution in [0.25, 0.3) is 0 Å². The lowest BCUT2D eigenvalue weighted by atomic mass is 10.1. The molecule has 0 saturated heterocycles. The molecule has 0 fully saturated rings. The molecule has 0 amide bonds. The summed E-state index contributed by atoms with van der Waals surface area (Å²) in [4.78, 5) is 13.4. The lowest BCUT2D eigenvalue weighted by molar-refractivity contribution is 0.476. The van der Waals surface area contributed by atoms with Crippen LogP contribution in [0.2, 0.25) is 10.0 Å². The van der Waals surface area contributed by atoms with Gasteiger partial charge in [-0.15, -0.1) is 5.10 Å². The highest BCUT2D eigenvalue weighted by atomic mass is 35.5. The molecule has 8 heteroatoms. The van der Waals surface area contributed by atoms with Gasteiger partial charge in [-0.1, -0.05) is 53.5 Å². The van der Waals surface area contributed by atoms with Crippen molar-refractivity contribution in [1.82, 2.24) is 14.8 Å². The van der Waals surface area contributed by atoms with Crippen LogP contribution >= 0.6 is 23.2 Å². The van der Waals surface area contributed by atoms with Gasteiger partial charge in [0.15, 0.2) is 11.6 Å². The molecule has 4 rings (SSSR count). The molecule has 25 heavy (non-hydrogen) atoms. The van der Waals surface area contributed by atoms with E-state index in [1.165, 1.54) is 12.1 Å². The number of aromatic nitrogens is 3. The number of aliphatic imine (C=N–C) groups is 2. The van der Waals surface area contributed by atoms with Crippen LogP contribution in [0.5, 0.6) is 5.75 Å². The first-order valence-electron chi connectivity index (χ1n) is 7.38. The summed E-state index contributed by atoms with van der Waals surface area (Å²) in [6.45, 7) is 1.79. The summed E-state index contributed by atoms with van der Waals surface area (Å²) in [7, 11) is 0.